The second-order valence-corrected chi connectivity index (χ2v) is 6.95. The number of hydrogen-bond acceptors (Lipinski definition) is 0. The number of rotatable bonds is 0. The molecule has 7 rings (SSSR count). The maximum Gasteiger partial charge on any atom is -0.0136 e. The van der Waals surface area contributed by atoms with Gasteiger partial charge in [-0.1, -0.05) is 48.5 Å². The summed E-state index contributed by atoms with van der Waals surface area (Å²) in [6.45, 7) is 0. The molecule has 0 unspecified atom stereocenters. The summed E-state index contributed by atoms with van der Waals surface area (Å²) in [4.78, 5) is 0. The van der Waals surface area contributed by atoms with E-state index in [0.717, 1.165) is 0 Å². The number of aryl methyl sites for hydroxylation is 2. The van der Waals surface area contributed by atoms with Gasteiger partial charge in [-0.25, -0.2) is 0 Å². The lowest BCUT2D eigenvalue weighted by Gasteiger charge is -2.23. The van der Waals surface area contributed by atoms with Crippen LogP contribution in [0.2, 0.25) is 0 Å². The normalized spacial score (nSPS) is 13.5. The second-order valence-electron chi connectivity index (χ2n) is 6.95. The van der Waals surface area contributed by atoms with Gasteiger partial charge < -0.3 is 0 Å². The maximum atomic E-state index is 2.40. The highest BCUT2D eigenvalue weighted by molar-refractivity contribution is 6.14. The van der Waals surface area contributed by atoms with Gasteiger partial charge in [0.25, 0.3) is 0 Å². The molecule has 5 aromatic rings. The summed E-state index contributed by atoms with van der Waals surface area (Å²) in [7, 11) is 0. The fraction of sp³-hybridized carbons (Fsp3) is 0.0833. The third-order valence-electron chi connectivity index (χ3n) is 5.70. The third-order valence-corrected chi connectivity index (χ3v) is 5.70. The van der Waals surface area contributed by atoms with Gasteiger partial charge in [-0.2, -0.15) is 0 Å². The van der Waals surface area contributed by atoms with Crippen molar-refractivity contribution >= 4 is 43.1 Å². The molecule has 2 aliphatic rings. The van der Waals surface area contributed by atoms with Gasteiger partial charge in [0.2, 0.25) is 0 Å². The molecule has 112 valence electrons. The third kappa shape index (κ3) is 1.53. The fourth-order valence-electron chi connectivity index (χ4n) is 4.56. The highest BCUT2D eigenvalue weighted by Crippen LogP contribution is 2.41. The minimum Gasteiger partial charge on any atom is -0.0616 e. The summed E-state index contributed by atoms with van der Waals surface area (Å²) in [6.07, 6.45) is 2.35. The SMILES string of the molecule is c1ccc2cc3c4c5cc6ccccc6cc5c(c3cc2c1)CC4. The van der Waals surface area contributed by atoms with E-state index in [1.165, 1.54) is 67.1 Å². The van der Waals surface area contributed by atoms with Crippen molar-refractivity contribution in [3.63, 3.8) is 0 Å². The molecule has 0 atom stereocenters. The summed E-state index contributed by atoms with van der Waals surface area (Å²) in [5.74, 6) is 0. The number of benzene rings is 5. The average molecular weight is 304 g/mol. The zero-order valence-electron chi connectivity index (χ0n) is 13.3. The first-order chi connectivity index (χ1) is 11.9. The molecule has 0 fully saturated rings. The highest BCUT2D eigenvalue weighted by atomic mass is 14.2. The van der Waals surface area contributed by atoms with Crippen molar-refractivity contribution in [3.05, 3.63) is 83.9 Å². The molecule has 0 heteroatoms. The van der Waals surface area contributed by atoms with Gasteiger partial charge in [0.15, 0.2) is 0 Å². The average Bonchev–Trinajstić information content (AvgIpc) is 2.65. The van der Waals surface area contributed by atoms with Gasteiger partial charge in [0.05, 0.1) is 0 Å². The van der Waals surface area contributed by atoms with Crippen molar-refractivity contribution in [2.75, 3.05) is 0 Å². The minimum atomic E-state index is 1.17. The van der Waals surface area contributed by atoms with Crippen LogP contribution in [0, 0.1) is 0 Å². The van der Waals surface area contributed by atoms with Crippen LogP contribution in [-0.4, -0.2) is 0 Å². The Labute approximate surface area is 140 Å². The first-order valence-corrected chi connectivity index (χ1v) is 8.67. The Kier molecular flexibility index (Phi) is 2.28. The molecule has 0 saturated carbocycles. The van der Waals surface area contributed by atoms with E-state index in [1.54, 1.807) is 0 Å². The van der Waals surface area contributed by atoms with E-state index < -0.39 is 0 Å². The Bertz CT molecular complexity index is 1090. The Balaban J connectivity index is 1.88. The van der Waals surface area contributed by atoms with Crippen molar-refractivity contribution in [3.8, 4) is 0 Å². The van der Waals surface area contributed by atoms with Gasteiger partial charge >= 0.3 is 0 Å². The lowest BCUT2D eigenvalue weighted by Crippen LogP contribution is -2.05. The number of hydrogen-bond donors (Lipinski definition) is 0. The predicted octanol–water partition coefficient (Wildman–Crippen LogP) is 6.40. The minimum absolute atomic E-state index is 1.17. The van der Waals surface area contributed by atoms with Crippen LogP contribution < -0.4 is 0 Å². The van der Waals surface area contributed by atoms with E-state index in [1.807, 2.05) is 0 Å². The van der Waals surface area contributed by atoms with Crippen LogP contribution in [0.1, 0.15) is 11.1 Å². The summed E-state index contributed by atoms with van der Waals surface area (Å²) in [5.41, 5.74) is 3.07. The fourth-order valence-corrected chi connectivity index (χ4v) is 4.56. The van der Waals surface area contributed by atoms with Crippen LogP contribution in [0.3, 0.4) is 0 Å². The molecule has 0 heterocycles. The van der Waals surface area contributed by atoms with Crippen LogP contribution in [0.25, 0.3) is 43.1 Å². The van der Waals surface area contributed by atoms with Gasteiger partial charge in [-0.15, -0.1) is 0 Å². The van der Waals surface area contributed by atoms with E-state index in [0.29, 0.717) is 0 Å². The van der Waals surface area contributed by atoms with E-state index in [4.69, 9.17) is 0 Å². The molecule has 2 aliphatic carbocycles. The zero-order valence-corrected chi connectivity index (χ0v) is 13.3. The molecule has 0 spiro atoms. The molecule has 0 nitrogen and oxygen atoms in total. The lowest BCUT2D eigenvalue weighted by atomic mass is 9.80. The monoisotopic (exact) mass is 304 g/mol. The van der Waals surface area contributed by atoms with E-state index in [2.05, 4.69) is 72.8 Å². The Morgan fingerprint density at radius 2 is 0.708 bits per heavy atom. The second kappa shape index (κ2) is 4.36. The quantitative estimate of drug-likeness (QED) is 0.290. The van der Waals surface area contributed by atoms with Gasteiger partial charge in [0, 0.05) is 0 Å². The van der Waals surface area contributed by atoms with Crippen LogP contribution in [0.4, 0.5) is 0 Å². The van der Waals surface area contributed by atoms with Crippen molar-refractivity contribution in [1.82, 2.24) is 0 Å². The zero-order chi connectivity index (χ0) is 15.7. The molecule has 0 radical (unpaired) electrons. The van der Waals surface area contributed by atoms with Crippen LogP contribution in [-0.2, 0) is 12.8 Å². The van der Waals surface area contributed by atoms with Crippen molar-refractivity contribution in [2.45, 2.75) is 12.8 Å². The van der Waals surface area contributed by atoms with Crippen LogP contribution >= 0.6 is 0 Å². The Hall–Kier alpha value is -2.86. The molecule has 2 bridgehead atoms. The topological polar surface area (TPSA) is 0 Å². The van der Waals surface area contributed by atoms with Crippen molar-refractivity contribution in [1.29, 1.82) is 0 Å². The molecule has 5 aromatic carbocycles. The summed E-state index contributed by atoms with van der Waals surface area (Å²) >= 11 is 0. The van der Waals surface area contributed by atoms with E-state index in [-0.39, 0.29) is 0 Å². The molecular formula is C24H16. The highest BCUT2D eigenvalue weighted by Gasteiger charge is 2.20. The lowest BCUT2D eigenvalue weighted by molar-refractivity contribution is 0.973. The van der Waals surface area contributed by atoms with E-state index >= 15 is 0 Å². The predicted molar refractivity (Wildman–Crippen MR) is 104 cm³/mol. The summed E-state index contributed by atoms with van der Waals surface area (Å²) in [5, 5.41) is 11.2. The van der Waals surface area contributed by atoms with Crippen LogP contribution in [0.15, 0.2) is 72.8 Å². The Morgan fingerprint density at radius 1 is 0.417 bits per heavy atom. The first kappa shape index (κ1) is 12.5. The molecule has 0 N–H and O–H groups in total. The Morgan fingerprint density at radius 3 is 1.00 bits per heavy atom. The molecule has 0 aliphatic heterocycles. The molecule has 24 heavy (non-hydrogen) atoms. The standard InChI is InChI=1S/C24H16/c1-2-6-16-12-22-20-10-9-19(21(22)11-15(16)5-1)23-13-17-7-3-4-8-18(17)14-24(20)23/h1-8,11-14H,9-10H2. The molecule has 0 amide bonds. The molecule has 0 aromatic heterocycles. The van der Waals surface area contributed by atoms with E-state index in [9.17, 15) is 0 Å². The van der Waals surface area contributed by atoms with Crippen molar-refractivity contribution < 1.29 is 0 Å². The summed E-state index contributed by atoms with van der Waals surface area (Å²) in [6, 6.07) is 27.0. The van der Waals surface area contributed by atoms with Gasteiger partial charge in [-0.05, 0) is 91.3 Å². The molecule has 0 saturated heterocycles. The smallest absolute Gasteiger partial charge is 0.0136 e. The van der Waals surface area contributed by atoms with Crippen LogP contribution in [0.5, 0.6) is 0 Å². The van der Waals surface area contributed by atoms with Gasteiger partial charge in [-0.3, -0.25) is 0 Å². The summed E-state index contributed by atoms with van der Waals surface area (Å²) < 4.78 is 0. The molecular weight excluding hydrogens is 288 g/mol. The largest absolute Gasteiger partial charge is 0.0616 e. The van der Waals surface area contributed by atoms with Crippen molar-refractivity contribution in [2.24, 2.45) is 0 Å². The maximum absolute atomic E-state index is 2.40. The number of fused-ring (bicyclic) bond motifs is 3. The first-order valence-electron chi connectivity index (χ1n) is 8.67. The van der Waals surface area contributed by atoms with Gasteiger partial charge in [0.1, 0.15) is 0 Å².